The van der Waals surface area contributed by atoms with E-state index in [2.05, 4.69) is 11.8 Å². The molecule has 1 rings (SSSR count). The molecule has 0 radical (unpaired) electrons. The lowest BCUT2D eigenvalue weighted by molar-refractivity contribution is 0.388. The van der Waals surface area contributed by atoms with E-state index in [-0.39, 0.29) is 24.1 Å². The first-order chi connectivity index (χ1) is 9.01. The highest BCUT2D eigenvalue weighted by Crippen LogP contribution is 2.14. The lowest BCUT2D eigenvalue weighted by Crippen LogP contribution is -2.44. The van der Waals surface area contributed by atoms with Gasteiger partial charge in [-0.05, 0) is 12.0 Å². The van der Waals surface area contributed by atoms with E-state index in [1.54, 1.807) is 18.2 Å². The molecule has 104 valence electrons. The van der Waals surface area contributed by atoms with Gasteiger partial charge >= 0.3 is 0 Å². The van der Waals surface area contributed by atoms with E-state index in [0.29, 0.717) is 5.56 Å². The van der Waals surface area contributed by atoms with Crippen LogP contribution in [0.25, 0.3) is 0 Å². The topological polar surface area (TPSA) is 65.5 Å². The van der Waals surface area contributed by atoms with Gasteiger partial charge < -0.3 is 5.73 Å². The van der Waals surface area contributed by atoms with Crippen LogP contribution in [0, 0.1) is 17.1 Å². The molecule has 3 N–H and O–H groups in total. The quantitative estimate of drug-likeness (QED) is 0.471. The van der Waals surface area contributed by atoms with Gasteiger partial charge in [-0.15, -0.1) is 0 Å². The molecule has 1 aromatic rings. The lowest BCUT2D eigenvalue weighted by Gasteiger charge is -2.26. The van der Waals surface area contributed by atoms with E-state index >= 15 is 0 Å². The fourth-order valence-corrected chi connectivity index (χ4v) is 1.69. The minimum absolute atomic E-state index is 0.160. The summed E-state index contributed by atoms with van der Waals surface area (Å²) in [6.07, 6.45) is 0.869. The second-order valence-electron chi connectivity index (χ2n) is 4.59. The Morgan fingerprint density at radius 2 is 2.16 bits per heavy atom. The van der Waals surface area contributed by atoms with Crippen molar-refractivity contribution in [2.45, 2.75) is 32.9 Å². The molecule has 2 atom stereocenters. The maximum Gasteiger partial charge on any atom is 0.134 e. The molecular formula is C14H21FN4. The lowest BCUT2D eigenvalue weighted by atomic mass is 9.99. The molecule has 0 aliphatic heterocycles. The predicted octanol–water partition coefficient (Wildman–Crippen LogP) is 2.59. The average Bonchev–Trinajstić information content (AvgIpc) is 2.44. The van der Waals surface area contributed by atoms with Gasteiger partial charge in [0, 0.05) is 12.3 Å². The minimum atomic E-state index is -0.428. The van der Waals surface area contributed by atoms with Gasteiger partial charge in [0.15, 0.2) is 0 Å². The van der Waals surface area contributed by atoms with Gasteiger partial charge in [-0.1, -0.05) is 38.5 Å². The Morgan fingerprint density at radius 1 is 1.53 bits per heavy atom. The van der Waals surface area contributed by atoms with Crippen LogP contribution in [-0.4, -0.2) is 23.6 Å². The van der Waals surface area contributed by atoms with Crippen molar-refractivity contribution >= 4 is 12.6 Å². The van der Waals surface area contributed by atoms with Gasteiger partial charge in [0.05, 0.1) is 12.6 Å². The molecule has 1 aromatic carbocycles. The molecule has 0 bridgehead atoms. The number of halogens is 1. The molecule has 0 aliphatic carbocycles. The first kappa shape index (κ1) is 15.3. The Labute approximate surface area is 113 Å². The van der Waals surface area contributed by atoms with Crippen LogP contribution in [0.3, 0.4) is 0 Å². The number of nitrogens with two attached hydrogens (primary N) is 1. The van der Waals surface area contributed by atoms with Crippen molar-refractivity contribution in [3.05, 3.63) is 35.6 Å². The van der Waals surface area contributed by atoms with E-state index < -0.39 is 6.04 Å². The van der Waals surface area contributed by atoms with Gasteiger partial charge in [-0.25, -0.2) is 9.40 Å². The molecule has 0 aliphatic rings. The zero-order valence-corrected chi connectivity index (χ0v) is 11.4. The van der Waals surface area contributed by atoms with Crippen LogP contribution in [0.5, 0.6) is 0 Å². The van der Waals surface area contributed by atoms with Gasteiger partial charge in [-0.3, -0.25) is 5.41 Å². The first-order valence-electron chi connectivity index (χ1n) is 6.32. The molecule has 1 unspecified atom stereocenters. The molecule has 4 nitrogen and oxygen atoms in total. The van der Waals surface area contributed by atoms with Crippen molar-refractivity contribution in [2.75, 3.05) is 0 Å². The summed E-state index contributed by atoms with van der Waals surface area (Å²) in [6.45, 7) is 7.59. The fraction of sp³-hybridized carbons (Fsp3) is 0.429. The molecule has 0 spiro atoms. The SMILES string of the molecule is C=NN(Cc1ccccc1F)C(=N)C(N)[C@@H](C)CC. The summed E-state index contributed by atoms with van der Waals surface area (Å²) in [5, 5.41) is 13.2. The molecular weight excluding hydrogens is 243 g/mol. The summed E-state index contributed by atoms with van der Waals surface area (Å²) in [7, 11) is 0. The predicted molar refractivity (Wildman–Crippen MR) is 76.6 cm³/mol. The van der Waals surface area contributed by atoms with E-state index in [1.807, 2.05) is 13.8 Å². The highest BCUT2D eigenvalue weighted by molar-refractivity contribution is 5.84. The van der Waals surface area contributed by atoms with Crippen molar-refractivity contribution in [2.24, 2.45) is 16.8 Å². The van der Waals surface area contributed by atoms with Crippen molar-refractivity contribution in [3.63, 3.8) is 0 Å². The highest BCUT2D eigenvalue weighted by Gasteiger charge is 2.21. The van der Waals surface area contributed by atoms with Crippen LogP contribution >= 0.6 is 0 Å². The van der Waals surface area contributed by atoms with E-state index in [1.165, 1.54) is 11.1 Å². The molecule has 0 aromatic heterocycles. The Hall–Kier alpha value is -1.75. The zero-order valence-electron chi connectivity index (χ0n) is 11.4. The Kier molecular flexibility index (Phi) is 5.63. The van der Waals surface area contributed by atoms with Gasteiger partial charge in [-0.2, -0.15) is 5.10 Å². The molecule has 0 fully saturated rings. The number of amidine groups is 1. The summed E-state index contributed by atoms with van der Waals surface area (Å²) >= 11 is 0. The molecule has 0 heterocycles. The number of nitrogens with one attached hydrogen (secondary N) is 1. The van der Waals surface area contributed by atoms with Crippen LogP contribution in [0.4, 0.5) is 4.39 Å². The number of rotatable bonds is 6. The van der Waals surface area contributed by atoms with E-state index in [0.717, 1.165) is 6.42 Å². The van der Waals surface area contributed by atoms with Crippen LogP contribution in [0.2, 0.25) is 0 Å². The molecule has 5 heteroatoms. The first-order valence-corrected chi connectivity index (χ1v) is 6.32. The Balaban J connectivity index is 2.82. The van der Waals surface area contributed by atoms with Crippen molar-refractivity contribution in [1.29, 1.82) is 5.41 Å². The van der Waals surface area contributed by atoms with Gasteiger partial charge in [0.25, 0.3) is 0 Å². The molecule has 0 amide bonds. The van der Waals surface area contributed by atoms with Gasteiger partial charge in [0.1, 0.15) is 11.7 Å². The number of hydrogen-bond acceptors (Lipinski definition) is 3. The Bertz CT molecular complexity index is 447. The number of nitrogens with zero attached hydrogens (tertiary/aromatic N) is 2. The number of hydrogen-bond donors (Lipinski definition) is 2. The zero-order chi connectivity index (χ0) is 14.4. The van der Waals surface area contributed by atoms with Crippen molar-refractivity contribution in [3.8, 4) is 0 Å². The number of hydrazone groups is 1. The standard InChI is InChI=1S/C14H21FN4/c1-4-10(2)13(16)14(17)19(18-3)9-11-7-5-6-8-12(11)15/h5-8,10,13,17H,3-4,9,16H2,1-2H3/t10-,13?/m0/s1. The van der Waals surface area contributed by atoms with Crippen LogP contribution in [0.15, 0.2) is 29.4 Å². The fourth-order valence-electron chi connectivity index (χ4n) is 1.69. The third-order valence-corrected chi connectivity index (χ3v) is 3.30. The highest BCUT2D eigenvalue weighted by atomic mass is 19.1. The van der Waals surface area contributed by atoms with E-state index in [4.69, 9.17) is 11.1 Å². The summed E-state index contributed by atoms with van der Waals surface area (Å²) in [4.78, 5) is 0. The maximum absolute atomic E-state index is 13.6. The third kappa shape index (κ3) is 3.86. The maximum atomic E-state index is 13.6. The summed E-state index contributed by atoms with van der Waals surface area (Å²) in [5.41, 5.74) is 6.46. The largest absolute Gasteiger partial charge is 0.321 e. The van der Waals surface area contributed by atoms with Crippen LogP contribution in [-0.2, 0) is 6.54 Å². The van der Waals surface area contributed by atoms with Crippen molar-refractivity contribution < 1.29 is 4.39 Å². The van der Waals surface area contributed by atoms with Crippen LogP contribution < -0.4 is 5.73 Å². The normalized spacial score (nSPS) is 13.7. The summed E-state index contributed by atoms with van der Waals surface area (Å²) in [5.74, 6) is 0.00559. The smallest absolute Gasteiger partial charge is 0.134 e. The van der Waals surface area contributed by atoms with Gasteiger partial charge in [0.2, 0.25) is 0 Å². The van der Waals surface area contributed by atoms with Crippen LogP contribution in [0.1, 0.15) is 25.8 Å². The number of benzene rings is 1. The second kappa shape index (κ2) is 6.99. The molecule has 0 saturated carbocycles. The third-order valence-electron chi connectivity index (χ3n) is 3.30. The summed E-state index contributed by atoms with van der Waals surface area (Å²) in [6, 6.07) is 5.99. The monoisotopic (exact) mass is 264 g/mol. The molecule has 19 heavy (non-hydrogen) atoms. The molecule has 0 saturated heterocycles. The Morgan fingerprint density at radius 3 is 2.68 bits per heavy atom. The summed E-state index contributed by atoms with van der Waals surface area (Å²) < 4.78 is 13.6. The second-order valence-corrected chi connectivity index (χ2v) is 4.59. The average molecular weight is 264 g/mol. The minimum Gasteiger partial charge on any atom is -0.321 e. The van der Waals surface area contributed by atoms with Crippen molar-refractivity contribution in [1.82, 2.24) is 5.01 Å². The van der Waals surface area contributed by atoms with E-state index in [9.17, 15) is 4.39 Å².